The summed E-state index contributed by atoms with van der Waals surface area (Å²) >= 11 is 6.24. The van der Waals surface area contributed by atoms with Crippen molar-refractivity contribution in [3.05, 3.63) is 94.0 Å². The highest BCUT2D eigenvalue weighted by molar-refractivity contribution is 6.32. The van der Waals surface area contributed by atoms with Crippen LogP contribution in [0.5, 0.6) is 5.75 Å². The largest absolute Gasteiger partial charge is 0.487 e. The molecule has 150 valence electrons. The third-order valence-corrected chi connectivity index (χ3v) is 4.58. The van der Waals surface area contributed by atoms with Gasteiger partial charge in [-0.05, 0) is 54.4 Å². The number of imide groups is 1. The second kappa shape index (κ2) is 9.59. The standard InChI is InChI=1S/C23H18ClN3O3/c1-15-4-2-3-5-19(15)22(28)27-23(29)26-18-10-11-21(20(24)12-18)30-14-17-8-6-16(13-25)7-9-17/h2-12H,14H2,1H3,(H2,26,27,28,29). The molecule has 0 saturated carbocycles. The zero-order chi connectivity index (χ0) is 21.5. The Morgan fingerprint density at radius 2 is 1.80 bits per heavy atom. The van der Waals surface area contributed by atoms with E-state index in [1.807, 2.05) is 6.07 Å². The molecule has 0 unspecified atom stereocenters. The molecular formula is C23H18ClN3O3. The lowest BCUT2D eigenvalue weighted by Gasteiger charge is -2.11. The Kier molecular flexibility index (Phi) is 6.68. The van der Waals surface area contributed by atoms with Crippen molar-refractivity contribution in [2.45, 2.75) is 13.5 Å². The summed E-state index contributed by atoms with van der Waals surface area (Å²) in [7, 11) is 0. The third-order valence-electron chi connectivity index (χ3n) is 4.28. The van der Waals surface area contributed by atoms with Crippen molar-refractivity contribution < 1.29 is 14.3 Å². The van der Waals surface area contributed by atoms with Crippen LogP contribution in [0.1, 0.15) is 27.0 Å². The molecule has 0 aliphatic carbocycles. The van der Waals surface area contributed by atoms with Gasteiger partial charge in [-0.3, -0.25) is 10.1 Å². The van der Waals surface area contributed by atoms with Gasteiger partial charge in [0.15, 0.2) is 0 Å². The van der Waals surface area contributed by atoms with E-state index in [0.29, 0.717) is 27.6 Å². The predicted octanol–water partition coefficient (Wildman–Crippen LogP) is 5.06. The van der Waals surface area contributed by atoms with Crippen molar-refractivity contribution in [2.75, 3.05) is 5.32 Å². The summed E-state index contributed by atoms with van der Waals surface area (Å²) in [5, 5.41) is 14.0. The van der Waals surface area contributed by atoms with Crippen LogP contribution in [0.2, 0.25) is 5.02 Å². The summed E-state index contributed by atoms with van der Waals surface area (Å²) in [5.41, 5.74) is 3.08. The van der Waals surface area contributed by atoms with Gasteiger partial charge in [-0.25, -0.2) is 4.79 Å². The topological polar surface area (TPSA) is 91.2 Å². The second-order valence-electron chi connectivity index (χ2n) is 6.47. The number of benzene rings is 3. The van der Waals surface area contributed by atoms with Gasteiger partial charge >= 0.3 is 6.03 Å². The summed E-state index contributed by atoms with van der Waals surface area (Å²) in [4.78, 5) is 24.3. The van der Waals surface area contributed by atoms with Gasteiger partial charge in [0.05, 0.1) is 16.7 Å². The highest BCUT2D eigenvalue weighted by Gasteiger charge is 2.13. The number of hydrogen-bond donors (Lipinski definition) is 2. The molecule has 3 rings (SSSR count). The fourth-order valence-electron chi connectivity index (χ4n) is 2.69. The Morgan fingerprint density at radius 1 is 1.07 bits per heavy atom. The maximum atomic E-state index is 12.2. The summed E-state index contributed by atoms with van der Waals surface area (Å²) in [6.45, 7) is 2.08. The molecule has 0 spiro atoms. The molecule has 0 aliphatic rings. The van der Waals surface area contributed by atoms with Crippen molar-refractivity contribution >= 4 is 29.2 Å². The Balaban J connectivity index is 1.58. The van der Waals surface area contributed by atoms with Crippen LogP contribution in [0.4, 0.5) is 10.5 Å². The molecule has 3 amide bonds. The van der Waals surface area contributed by atoms with E-state index in [4.69, 9.17) is 21.6 Å². The molecule has 0 fully saturated rings. The molecule has 0 bridgehead atoms. The molecule has 7 heteroatoms. The van der Waals surface area contributed by atoms with Crippen LogP contribution in [0, 0.1) is 18.3 Å². The van der Waals surface area contributed by atoms with Gasteiger partial charge in [-0.1, -0.05) is 41.9 Å². The molecule has 3 aromatic carbocycles. The average Bonchev–Trinajstić information content (AvgIpc) is 2.73. The number of amides is 3. The molecule has 0 saturated heterocycles. The van der Waals surface area contributed by atoms with Crippen LogP contribution in [-0.2, 0) is 6.61 Å². The van der Waals surface area contributed by atoms with Crippen molar-refractivity contribution in [3.63, 3.8) is 0 Å². The molecule has 3 aromatic rings. The van der Waals surface area contributed by atoms with Crippen LogP contribution in [0.25, 0.3) is 0 Å². The summed E-state index contributed by atoms with van der Waals surface area (Å²) in [6, 6.07) is 20.2. The zero-order valence-corrected chi connectivity index (χ0v) is 16.9. The normalized spacial score (nSPS) is 10.0. The fourth-order valence-corrected chi connectivity index (χ4v) is 2.93. The first kappa shape index (κ1) is 20.9. The number of hydrogen-bond acceptors (Lipinski definition) is 4. The summed E-state index contributed by atoms with van der Waals surface area (Å²) in [6.07, 6.45) is 0. The molecule has 0 aromatic heterocycles. The molecule has 0 aliphatic heterocycles. The molecule has 0 radical (unpaired) electrons. The van der Waals surface area contributed by atoms with Crippen LogP contribution in [0.15, 0.2) is 66.7 Å². The van der Waals surface area contributed by atoms with E-state index in [9.17, 15) is 9.59 Å². The van der Waals surface area contributed by atoms with Gasteiger partial charge in [0.2, 0.25) is 0 Å². The van der Waals surface area contributed by atoms with Crippen LogP contribution in [0.3, 0.4) is 0 Å². The monoisotopic (exact) mass is 419 g/mol. The molecule has 30 heavy (non-hydrogen) atoms. The van der Waals surface area contributed by atoms with Gasteiger partial charge in [0.25, 0.3) is 5.91 Å². The Hall–Kier alpha value is -3.82. The number of nitrogens with one attached hydrogen (secondary N) is 2. The number of aryl methyl sites for hydroxylation is 1. The molecule has 0 atom stereocenters. The Morgan fingerprint density at radius 3 is 2.47 bits per heavy atom. The first-order chi connectivity index (χ1) is 14.5. The number of halogens is 1. The lowest BCUT2D eigenvalue weighted by atomic mass is 10.1. The van der Waals surface area contributed by atoms with Gasteiger partial charge in [-0.15, -0.1) is 0 Å². The number of anilines is 1. The smallest absolute Gasteiger partial charge is 0.326 e. The highest BCUT2D eigenvalue weighted by Crippen LogP contribution is 2.28. The van der Waals surface area contributed by atoms with Crippen molar-refractivity contribution in [1.29, 1.82) is 5.26 Å². The first-order valence-electron chi connectivity index (χ1n) is 9.05. The van der Waals surface area contributed by atoms with Crippen molar-refractivity contribution in [2.24, 2.45) is 0 Å². The second-order valence-corrected chi connectivity index (χ2v) is 6.87. The number of carbonyl (C=O) groups excluding carboxylic acids is 2. The minimum atomic E-state index is -0.662. The molecule has 6 nitrogen and oxygen atoms in total. The fraction of sp³-hybridized carbons (Fsp3) is 0.0870. The number of nitriles is 1. The van der Waals surface area contributed by atoms with E-state index in [1.54, 1.807) is 61.5 Å². The number of urea groups is 1. The van der Waals surface area contributed by atoms with Crippen molar-refractivity contribution in [3.8, 4) is 11.8 Å². The molecular weight excluding hydrogens is 402 g/mol. The SMILES string of the molecule is Cc1ccccc1C(=O)NC(=O)Nc1ccc(OCc2ccc(C#N)cc2)c(Cl)c1. The van der Waals surface area contributed by atoms with Crippen molar-refractivity contribution in [1.82, 2.24) is 5.32 Å². The number of nitrogens with zero attached hydrogens (tertiary/aromatic N) is 1. The van der Waals surface area contributed by atoms with E-state index in [0.717, 1.165) is 11.1 Å². The first-order valence-corrected chi connectivity index (χ1v) is 9.43. The zero-order valence-electron chi connectivity index (χ0n) is 16.1. The molecule has 2 N–H and O–H groups in total. The highest BCUT2D eigenvalue weighted by atomic mass is 35.5. The number of ether oxygens (including phenoxy) is 1. The Bertz CT molecular complexity index is 1120. The predicted molar refractivity (Wildman–Crippen MR) is 115 cm³/mol. The van der Waals surface area contributed by atoms with Gasteiger partial charge in [0.1, 0.15) is 12.4 Å². The maximum Gasteiger partial charge on any atom is 0.326 e. The average molecular weight is 420 g/mol. The van der Waals surface area contributed by atoms with Gasteiger partial charge in [-0.2, -0.15) is 5.26 Å². The van der Waals surface area contributed by atoms with E-state index < -0.39 is 11.9 Å². The van der Waals surface area contributed by atoms with Crippen LogP contribution >= 0.6 is 11.6 Å². The third kappa shape index (κ3) is 5.37. The van der Waals surface area contributed by atoms with E-state index in [2.05, 4.69) is 16.7 Å². The van der Waals surface area contributed by atoms with Crippen LogP contribution in [-0.4, -0.2) is 11.9 Å². The van der Waals surface area contributed by atoms with E-state index in [1.165, 1.54) is 6.07 Å². The Labute approximate surface area is 179 Å². The lowest BCUT2D eigenvalue weighted by molar-refractivity contribution is 0.0966. The minimum Gasteiger partial charge on any atom is -0.487 e. The van der Waals surface area contributed by atoms with Crippen LogP contribution < -0.4 is 15.4 Å². The lowest BCUT2D eigenvalue weighted by Crippen LogP contribution is -2.34. The minimum absolute atomic E-state index is 0.281. The summed E-state index contributed by atoms with van der Waals surface area (Å²) in [5.74, 6) is -0.0398. The van der Waals surface area contributed by atoms with Gasteiger partial charge < -0.3 is 10.1 Å². The number of rotatable bonds is 5. The summed E-state index contributed by atoms with van der Waals surface area (Å²) < 4.78 is 5.69. The maximum absolute atomic E-state index is 12.2. The quantitative estimate of drug-likeness (QED) is 0.604. The molecule has 0 heterocycles. The van der Waals surface area contributed by atoms with E-state index >= 15 is 0 Å². The van der Waals surface area contributed by atoms with E-state index in [-0.39, 0.29) is 6.61 Å². The van der Waals surface area contributed by atoms with Gasteiger partial charge in [0, 0.05) is 11.3 Å². The number of carbonyl (C=O) groups is 2.